The Kier molecular flexibility index (Phi) is 7.84. The van der Waals surface area contributed by atoms with E-state index in [4.69, 9.17) is 9.47 Å². The van der Waals surface area contributed by atoms with E-state index in [0.29, 0.717) is 50.8 Å². The molecule has 2 N–H and O–H groups in total. The van der Waals surface area contributed by atoms with E-state index in [1.54, 1.807) is 59.5 Å². The highest BCUT2D eigenvalue weighted by molar-refractivity contribution is 7.91. The van der Waals surface area contributed by atoms with Crippen LogP contribution in [-0.2, 0) is 19.3 Å². The summed E-state index contributed by atoms with van der Waals surface area (Å²) in [5.74, 6) is 7.08. The molecule has 2 aliphatic rings. The van der Waals surface area contributed by atoms with Gasteiger partial charge in [0.05, 0.1) is 44.1 Å². The molecule has 41 heavy (non-hydrogen) atoms. The maximum absolute atomic E-state index is 12.9. The average molecular weight is 590 g/mol. The molecule has 6 rings (SSSR count). The first-order chi connectivity index (χ1) is 20.0. The second kappa shape index (κ2) is 11.8. The zero-order chi connectivity index (χ0) is 28.2. The summed E-state index contributed by atoms with van der Waals surface area (Å²) in [5.41, 5.74) is 1.46. The number of nitrogens with zero attached hydrogens (tertiary/aromatic N) is 3. The van der Waals surface area contributed by atoms with Crippen LogP contribution >= 0.6 is 11.3 Å². The van der Waals surface area contributed by atoms with Crippen LogP contribution in [0.4, 0.5) is 16.3 Å². The van der Waals surface area contributed by atoms with Crippen LogP contribution in [0.5, 0.6) is 0 Å². The summed E-state index contributed by atoms with van der Waals surface area (Å²) < 4.78 is 37.5. The first-order valence-corrected chi connectivity index (χ1v) is 15.5. The van der Waals surface area contributed by atoms with Crippen molar-refractivity contribution < 1.29 is 22.7 Å². The van der Waals surface area contributed by atoms with Crippen molar-refractivity contribution in [1.29, 1.82) is 0 Å². The van der Waals surface area contributed by atoms with Crippen molar-refractivity contribution >= 4 is 49.0 Å². The molecule has 2 aromatic carbocycles. The van der Waals surface area contributed by atoms with E-state index in [9.17, 15) is 13.2 Å². The maximum Gasteiger partial charge on any atom is 0.410 e. The number of anilines is 2. The molecule has 0 saturated carbocycles. The van der Waals surface area contributed by atoms with Gasteiger partial charge in [0, 0.05) is 31.7 Å². The number of carbonyl (C=O) groups is 1. The van der Waals surface area contributed by atoms with Crippen LogP contribution in [0.2, 0.25) is 0 Å². The lowest BCUT2D eigenvalue weighted by Gasteiger charge is -2.27. The molecule has 0 radical (unpaired) electrons. The van der Waals surface area contributed by atoms with E-state index < -0.39 is 9.84 Å². The Balaban J connectivity index is 1.11. The fraction of sp³-hybridized carbons (Fsp3) is 0.276. The second-order valence-corrected chi connectivity index (χ2v) is 12.6. The molecule has 2 atom stereocenters. The molecule has 0 aliphatic carbocycles. The summed E-state index contributed by atoms with van der Waals surface area (Å²) in [6.07, 6.45) is 1.58. The fourth-order valence-corrected chi connectivity index (χ4v) is 6.82. The molecule has 12 heteroatoms. The highest BCUT2D eigenvalue weighted by Gasteiger charge is 2.28. The number of aromatic nitrogens is 2. The van der Waals surface area contributed by atoms with E-state index in [1.807, 2.05) is 6.07 Å². The lowest BCUT2D eigenvalue weighted by atomic mass is 10.2. The van der Waals surface area contributed by atoms with Gasteiger partial charge >= 0.3 is 6.09 Å². The molecule has 210 valence electrons. The van der Waals surface area contributed by atoms with Crippen LogP contribution in [0.15, 0.2) is 76.8 Å². The Morgan fingerprint density at radius 1 is 1.07 bits per heavy atom. The lowest BCUT2D eigenvalue weighted by Crippen LogP contribution is -2.42. The summed E-state index contributed by atoms with van der Waals surface area (Å²) in [4.78, 5) is 24.1. The van der Waals surface area contributed by atoms with Crippen molar-refractivity contribution in [2.75, 3.05) is 38.2 Å². The number of hydrogen-bond donors (Lipinski definition) is 2. The molecule has 0 unspecified atom stereocenters. The number of morpholine rings is 1. The SMILES string of the molecule is O=C(O[C@H]1CN[C@H](C#Cc2cc3ncnc(Nc4ccc(S(=O)(=O)c5ccccc5)cc4)c3s2)C1)N1CCOCC1. The zero-order valence-electron chi connectivity index (χ0n) is 21.9. The number of hydrogen-bond acceptors (Lipinski definition) is 10. The van der Waals surface area contributed by atoms with Crippen LogP contribution in [0.3, 0.4) is 0 Å². The summed E-state index contributed by atoms with van der Waals surface area (Å²) >= 11 is 1.47. The van der Waals surface area contributed by atoms with E-state index in [1.165, 1.54) is 17.7 Å². The predicted octanol–water partition coefficient (Wildman–Crippen LogP) is 3.82. The number of ether oxygens (including phenoxy) is 2. The van der Waals surface area contributed by atoms with Gasteiger partial charge in [-0.05, 0) is 42.5 Å². The number of benzene rings is 2. The van der Waals surface area contributed by atoms with Crippen LogP contribution < -0.4 is 10.6 Å². The maximum atomic E-state index is 12.9. The minimum Gasteiger partial charge on any atom is -0.445 e. The minimum absolute atomic E-state index is 0.0861. The first-order valence-electron chi connectivity index (χ1n) is 13.2. The summed E-state index contributed by atoms with van der Waals surface area (Å²) in [7, 11) is -3.59. The van der Waals surface area contributed by atoms with Gasteiger partial charge in [-0.25, -0.2) is 23.2 Å². The molecular formula is C29H27N5O5S2. The Morgan fingerprint density at radius 3 is 2.61 bits per heavy atom. The lowest BCUT2D eigenvalue weighted by molar-refractivity contribution is 0.0156. The Morgan fingerprint density at radius 2 is 1.83 bits per heavy atom. The first kappa shape index (κ1) is 27.2. The molecule has 2 saturated heterocycles. The van der Waals surface area contributed by atoms with Crippen molar-refractivity contribution in [3.63, 3.8) is 0 Å². The molecule has 2 aliphatic heterocycles. The average Bonchev–Trinajstić information content (AvgIpc) is 3.64. The number of fused-ring (bicyclic) bond motifs is 1. The van der Waals surface area contributed by atoms with Crippen molar-refractivity contribution in [1.82, 2.24) is 20.2 Å². The van der Waals surface area contributed by atoms with Gasteiger partial charge in [0.2, 0.25) is 9.84 Å². The summed E-state index contributed by atoms with van der Waals surface area (Å²) in [6, 6.07) is 16.8. The molecule has 0 spiro atoms. The number of amides is 1. The van der Waals surface area contributed by atoms with Crippen LogP contribution in [-0.4, -0.2) is 74.4 Å². The quantitative estimate of drug-likeness (QED) is 0.335. The summed E-state index contributed by atoms with van der Waals surface area (Å²) in [5, 5.41) is 6.59. The predicted molar refractivity (Wildman–Crippen MR) is 155 cm³/mol. The van der Waals surface area contributed by atoms with Crippen molar-refractivity contribution in [3.8, 4) is 11.8 Å². The largest absolute Gasteiger partial charge is 0.445 e. The van der Waals surface area contributed by atoms with Crippen molar-refractivity contribution in [2.24, 2.45) is 0 Å². The van der Waals surface area contributed by atoms with E-state index >= 15 is 0 Å². The molecule has 2 fully saturated rings. The highest BCUT2D eigenvalue weighted by Crippen LogP contribution is 2.31. The van der Waals surface area contributed by atoms with Crippen molar-refractivity contribution in [2.45, 2.75) is 28.4 Å². The van der Waals surface area contributed by atoms with Gasteiger partial charge in [0.25, 0.3) is 0 Å². The van der Waals surface area contributed by atoms with Gasteiger partial charge in [-0.2, -0.15) is 0 Å². The molecule has 10 nitrogen and oxygen atoms in total. The molecule has 4 aromatic rings. The number of rotatable bonds is 5. The van der Waals surface area contributed by atoms with Gasteiger partial charge < -0.3 is 19.7 Å². The fourth-order valence-electron chi connectivity index (χ4n) is 4.62. The molecule has 1 amide bonds. The zero-order valence-corrected chi connectivity index (χ0v) is 23.6. The van der Waals surface area contributed by atoms with E-state index in [0.717, 1.165) is 15.1 Å². The summed E-state index contributed by atoms with van der Waals surface area (Å²) in [6.45, 7) is 2.74. The Hall–Kier alpha value is -4.02. The smallest absolute Gasteiger partial charge is 0.410 e. The number of thiophene rings is 1. The number of carbonyl (C=O) groups excluding carboxylic acids is 1. The third-order valence-corrected chi connectivity index (χ3v) is 9.62. The number of nitrogens with one attached hydrogen (secondary N) is 2. The third-order valence-electron chi connectivity index (χ3n) is 6.79. The van der Waals surface area contributed by atoms with Crippen LogP contribution in [0, 0.1) is 11.8 Å². The van der Waals surface area contributed by atoms with Gasteiger partial charge in [-0.3, -0.25) is 5.32 Å². The molecule has 2 aromatic heterocycles. The second-order valence-electron chi connectivity index (χ2n) is 9.58. The highest BCUT2D eigenvalue weighted by atomic mass is 32.2. The van der Waals surface area contributed by atoms with Gasteiger partial charge in [0.15, 0.2) is 5.82 Å². The van der Waals surface area contributed by atoms with Crippen LogP contribution in [0.1, 0.15) is 11.3 Å². The van der Waals surface area contributed by atoms with E-state index in [2.05, 4.69) is 32.4 Å². The van der Waals surface area contributed by atoms with Gasteiger partial charge in [-0.1, -0.05) is 30.0 Å². The molecule has 4 heterocycles. The monoisotopic (exact) mass is 589 g/mol. The van der Waals surface area contributed by atoms with Gasteiger partial charge in [-0.15, -0.1) is 11.3 Å². The van der Waals surface area contributed by atoms with Crippen LogP contribution in [0.25, 0.3) is 10.2 Å². The Bertz CT molecular complexity index is 1710. The Labute approximate surface area is 241 Å². The third kappa shape index (κ3) is 6.18. The molecular weight excluding hydrogens is 562 g/mol. The molecule has 0 bridgehead atoms. The van der Waals surface area contributed by atoms with E-state index in [-0.39, 0.29) is 28.0 Å². The minimum atomic E-state index is -3.59. The van der Waals surface area contributed by atoms with Gasteiger partial charge in [0.1, 0.15) is 12.4 Å². The number of sulfone groups is 1. The standard InChI is InChI=1S/C29H27N5O5S2/c35-29(34-12-14-38-15-13-34)39-22-16-21(30-18-22)6-9-23-17-26-27(40-23)28(32-19-31-26)33-20-7-10-25(11-8-20)41(36,37)24-4-2-1-3-5-24/h1-5,7-8,10-11,17,19,21-22,30H,12-16,18H2,(H,31,32,33)/t21-,22-/m1/s1. The van der Waals surface area contributed by atoms with Crippen molar-refractivity contribution in [3.05, 3.63) is 71.9 Å². The topological polar surface area (TPSA) is 123 Å². The normalized spacial score (nSPS) is 19.0.